The smallest absolute Gasteiger partial charge is 0.123 e. The minimum absolute atomic E-state index is 0.224. The molecule has 4 heteroatoms. The van der Waals surface area contributed by atoms with Crippen LogP contribution in [0.5, 0.6) is 0 Å². The van der Waals surface area contributed by atoms with Gasteiger partial charge in [-0.15, -0.1) is 0 Å². The largest absolute Gasteiger partial charge is 0.254 e. The molecule has 0 aliphatic carbocycles. The molecular weight excluding hydrogens is 295 g/mol. The molecule has 106 valence electrons. The first-order chi connectivity index (χ1) is 10.8. The summed E-state index contributed by atoms with van der Waals surface area (Å²) in [6, 6.07) is 16.6. The number of rotatable bonds is 2. The van der Waals surface area contributed by atoms with Gasteiger partial charge < -0.3 is 0 Å². The first kappa shape index (κ1) is 13.2. The summed E-state index contributed by atoms with van der Waals surface area (Å²) >= 11 is 1.57. The zero-order valence-electron chi connectivity index (χ0n) is 11.5. The number of hydrogen-bond acceptors (Lipinski definition) is 3. The van der Waals surface area contributed by atoms with Crippen LogP contribution >= 0.6 is 11.8 Å². The van der Waals surface area contributed by atoms with Crippen molar-refractivity contribution in [2.45, 2.75) is 9.79 Å². The monoisotopic (exact) mass is 306 g/mol. The van der Waals surface area contributed by atoms with Crippen LogP contribution in [0.15, 0.2) is 76.8 Å². The lowest BCUT2D eigenvalue weighted by atomic mass is 10.1. The molecule has 0 amide bonds. The summed E-state index contributed by atoms with van der Waals surface area (Å²) in [5.41, 5.74) is 1.82. The average Bonchev–Trinajstić information content (AvgIpc) is 2.57. The van der Waals surface area contributed by atoms with Crippen LogP contribution < -0.4 is 0 Å². The third kappa shape index (κ3) is 2.42. The highest BCUT2D eigenvalue weighted by Crippen LogP contribution is 2.30. The van der Waals surface area contributed by atoms with E-state index >= 15 is 0 Å². The van der Waals surface area contributed by atoms with Crippen LogP contribution in [-0.4, -0.2) is 9.97 Å². The first-order valence-corrected chi connectivity index (χ1v) is 7.68. The van der Waals surface area contributed by atoms with Crippen molar-refractivity contribution in [2.75, 3.05) is 0 Å². The topological polar surface area (TPSA) is 25.8 Å². The third-order valence-electron chi connectivity index (χ3n) is 3.45. The Kier molecular flexibility index (Phi) is 3.24. The molecule has 4 rings (SSSR count). The molecule has 0 atom stereocenters. The molecule has 0 saturated heterocycles. The highest BCUT2D eigenvalue weighted by molar-refractivity contribution is 7.99. The van der Waals surface area contributed by atoms with Crippen molar-refractivity contribution in [1.82, 2.24) is 9.97 Å². The lowest BCUT2D eigenvalue weighted by Gasteiger charge is -2.05. The fourth-order valence-corrected chi connectivity index (χ4v) is 3.25. The van der Waals surface area contributed by atoms with Crippen LogP contribution in [0.25, 0.3) is 21.8 Å². The van der Waals surface area contributed by atoms with Gasteiger partial charge in [0.2, 0.25) is 0 Å². The van der Waals surface area contributed by atoms with Crippen molar-refractivity contribution < 1.29 is 4.39 Å². The van der Waals surface area contributed by atoms with E-state index in [0.29, 0.717) is 0 Å². The molecule has 2 nitrogen and oxygen atoms in total. The van der Waals surface area contributed by atoms with E-state index in [1.807, 2.05) is 18.3 Å². The van der Waals surface area contributed by atoms with Gasteiger partial charge in [0.05, 0.1) is 11.0 Å². The molecule has 0 radical (unpaired) electrons. The van der Waals surface area contributed by atoms with Gasteiger partial charge in [-0.25, -0.2) is 4.39 Å². The molecule has 0 N–H and O–H groups in total. The van der Waals surface area contributed by atoms with Crippen LogP contribution in [0.3, 0.4) is 0 Å². The van der Waals surface area contributed by atoms with Gasteiger partial charge in [0.15, 0.2) is 0 Å². The van der Waals surface area contributed by atoms with Gasteiger partial charge in [-0.1, -0.05) is 30.0 Å². The Bertz CT molecular complexity index is 967. The standard InChI is InChI=1S/C18H11FN2S/c19-14-5-7-15(8-6-14)22-16-10-13-4-3-12-2-1-9-20-17(12)18(13)21-11-16/h1-11H. The molecule has 0 unspecified atom stereocenters. The summed E-state index contributed by atoms with van der Waals surface area (Å²) in [5, 5.41) is 2.14. The summed E-state index contributed by atoms with van der Waals surface area (Å²) in [6.07, 6.45) is 3.62. The fraction of sp³-hybridized carbons (Fsp3) is 0. The Hall–Kier alpha value is -2.46. The van der Waals surface area contributed by atoms with Gasteiger partial charge in [-0.05, 0) is 36.4 Å². The predicted molar refractivity (Wildman–Crippen MR) is 87.6 cm³/mol. The average molecular weight is 306 g/mol. The summed E-state index contributed by atoms with van der Waals surface area (Å²) in [7, 11) is 0. The van der Waals surface area contributed by atoms with Crippen molar-refractivity contribution in [2.24, 2.45) is 0 Å². The lowest BCUT2D eigenvalue weighted by Crippen LogP contribution is -1.85. The minimum atomic E-state index is -0.224. The normalized spacial score (nSPS) is 11.1. The fourth-order valence-electron chi connectivity index (χ4n) is 2.41. The Morgan fingerprint density at radius 3 is 2.41 bits per heavy atom. The van der Waals surface area contributed by atoms with Gasteiger partial charge in [0.1, 0.15) is 5.82 Å². The third-order valence-corrected chi connectivity index (χ3v) is 4.41. The SMILES string of the molecule is Fc1ccc(Sc2cnc3c(ccc4cccnc43)c2)cc1. The number of benzene rings is 2. The second kappa shape index (κ2) is 5.39. The van der Waals surface area contributed by atoms with E-state index < -0.39 is 0 Å². The molecule has 4 aromatic rings. The maximum absolute atomic E-state index is 13.0. The Labute approximate surface area is 131 Å². The quantitative estimate of drug-likeness (QED) is 0.483. The van der Waals surface area contributed by atoms with E-state index in [9.17, 15) is 4.39 Å². The second-order valence-electron chi connectivity index (χ2n) is 4.94. The molecule has 0 spiro atoms. The number of halogens is 1. The van der Waals surface area contributed by atoms with Crippen LogP contribution in [-0.2, 0) is 0 Å². The molecule has 0 saturated carbocycles. The van der Waals surface area contributed by atoms with Gasteiger partial charge in [-0.3, -0.25) is 9.97 Å². The van der Waals surface area contributed by atoms with Crippen molar-refractivity contribution >= 4 is 33.6 Å². The predicted octanol–water partition coefficient (Wildman–Crippen LogP) is 5.07. The van der Waals surface area contributed by atoms with Crippen LogP contribution in [0.4, 0.5) is 4.39 Å². The zero-order chi connectivity index (χ0) is 14.9. The Morgan fingerprint density at radius 2 is 1.55 bits per heavy atom. The van der Waals surface area contributed by atoms with E-state index in [4.69, 9.17) is 0 Å². The van der Waals surface area contributed by atoms with E-state index in [-0.39, 0.29) is 5.82 Å². The van der Waals surface area contributed by atoms with Crippen LogP contribution in [0, 0.1) is 5.82 Å². The highest BCUT2D eigenvalue weighted by Gasteiger charge is 2.05. The zero-order valence-corrected chi connectivity index (χ0v) is 12.3. The maximum atomic E-state index is 13.0. The molecule has 0 aliphatic rings. The molecular formula is C18H11FN2S. The molecule has 2 heterocycles. The summed E-state index contributed by atoms with van der Waals surface area (Å²) in [4.78, 5) is 11.0. The molecule has 2 aromatic carbocycles. The number of nitrogens with zero attached hydrogens (tertiary/aromatic N) is 2. The number of hydrogen-bond donors (Lipinski definition) is 0. The first-order valence-electron chi connectivity index (χ1n) is 6.86. The summed E-state index contributed by atoms with van der Waals surface area (Å²) in [6.45, 7) is 0. The highest BCUT2D eigenvalue weighted by atomic mass is 32.2. The molecule has 0 fully saturated rings. The van der Waals surface area contributed by atoms with Gasteiger partial charge in [0.25, 0.3) is 0 Å². The summed E-state index contributed by atoms with van der Waals surface area (Å²) < 4.78 is 13.0. The second-order valence-corrected chi connectivity index (χ2v) is 6.09. The van der Waals surface area contributed by atoms with Gasteiger partial charge in [-0.2, -0.15) is 0 Å². The van der Waals surface area contributed by atoms with Crippen LogP contribution in [0.2, 0.25) is 0 Å². The van der Waals surface area contributed by atoms with Gasteiger partial charge in [0, 0.05) is 33.0 Å². The number of aromatic nitrogens is 2. The van der Waals surface area contributed by atoms with Gasteiger partial charge >= 0.3 is 0 Å². The van der Waals surface area contributed by atoms with E-state index in [2.05, 4.69) is 28.2 Å². The van der Waals surface area contributed by atoms with Crippen molar-refractivity contribution in [3.63, 3.8) is 0 Å². The van der Waals surface area contributed by atoms with Crippen molar-refractivity contribution in [3.05, 3.63) is 72.8 Å². The van der Waals surface area contributed by atoms with E-state index in [0.717, 1.165) is 31.6 Å². The lowest BCUT2D eigenvalue weighted by molar-refractivity contribution is 0.626. The number of pyridine rings is 2. The minimum Gasteiger partial charge on any atom is -0.254 e. The van der Waals surface area contributed by atoms with Crippen molar-refractivity contribution in [1.29, 1.82) is 0 Å². The molecule has 0 bridgehead atoms. The molecule has 22 heavy (non-hydrogen) atoms. The van der Waals surface area contributed by atoms with Crippen LogP contribution in [0.1, 0.15) is 0 Å². The van der Waals surface area contributed by atoms with E-state index in [1.54, 1.807) is 30.1 Å². The molecule has 0 aliphatic heterocycles. The van der Waals surface area contributed by atoms with Crippen molar-refractivity contribution in [3.8, 4) is 0 Å². The van der Waals surface area contributed by atoms with E-state index in [1.165, 1.54) is 12.1 Å². The Balaban J connectivity index is 1.77. The maximum Gasteiger partial charge on any atom is 0.123 e. The summed E-state index contributed by atoms with van der Waals surface area (Å²) in [5.74, 6) is -0.224. The molecule has 2 aromatic heterocycles. The number of fused-ring (bicyclic) bond motifs is 3. The Morgan fingerprint density at radius 1 is 0.773 bits per heavy atom.